The normalized spacial score (nSPS) is 9.85. The minimum Gasteiger partial charge on any atom is -0.205 e. The van der Waals surface area contributed by atoms with Crippen LogP contribution in [0.4, 0.5) is 4.39 Å². The Bertz CT molecular complexity index is 492. The smallest absolute Gasteiger partial charge is 0.146 e. The minimum atomic E-state index is -0.367. The van der Waals surface area contributed by atoms with Crippen LogP contribution >= 0.6 is 0 Å². The Balaban J connectivity index is 2.89. The first-order valence-electron chi connectivity index (χ1n) is 3.93. The van der Waals surface area contributed by atoms with E-state index in [1.165, 1.54) is 0 Å². The first-order valence-corrected chi connectivity index (χ1v) is 3.93. The summed E-state index contributed by atoms with van der Waals surface area (Å²) in [7, 11) is 0. The second-order valence-electron chi connectivity index (χ2n) is 2.77. The Labute approximate surface area is 76.0 Å². The monoisotopic (exact) mass is 169 g/mol. The Hall–Kier alpha value is -1.81. The van der Waals surface area contributed by atoms with Crippen LogP contribution in [0.1, 0.15) is 5.56 Å². The summed E-state index contributed by atoms with van der Waals surface area (Å²) in [6.07, 6.45) is 6.87. The van der Waals surface area contributed by atoms with Gasteiger partial charge in [-0.25, -0.2) is 4.39 Å². The Morgan fingerprint density at radius 1 is 1.08 bits per heavy atom. The quantitative estimate of drug-likeness (QED) is 0.532. The van der Waals surface area contributed by atoms with E-state index >= 15 is 0 Å². The average Bonchev–Trinajstić information content (AvgIpc) is 2.19. The number of hydrogen-bond donors (Lipinski definition) is 0. The molecule has 0 nitrogen and oxygen atoms in total. The highest BCUT2D eigenvalue weighted by molar-refractivity contribution is 5.84. The molecule has 0 bridgehead atoms. The van der Waals surface area contributed by atoms with Crippen molar-refractivity contribution in [2.45, 2.75) is 0 Å². The van der Waals surface area contributed by atoms with Crippen molar-refractivity contribution < 1.29 is 4.39 Å². The van der Waals surface area contributed by atoms with Gasteiger partial charge in [0.15, 0.2) is 0 Å². The topological polar surface area (TPSA) is 0 Å². The van der Waals surface area contributed by atoms with E-state index in [1.807, 2.05) is 12.1 Å². The largest absolute Gasteiger partial charge is 0.205 e. The molecule has 1 heteroatoms. The lowest BCUT2D eigenvalue weighted by molar-refractivity contribution is 0.636. The standard InChI is InChI=1S/C12H6F/c1-2-9-7-8-10-5-3-4-6-11(10)12(9)13/h3-8H. The van der Waals surface area contributed by atoms with Crippen LogP contribution in [0.5, 0.6) is 0 Å². The first-order chi connectivity index (χ1) is 6.33. The van der Waals surface area contributed by atoms with Crippen molar-refractivity contribution >= 4 is 10.8 Å². The van der Waals surface area contributed by atoms with E-state index in [2.05, 4.69) is 5.92 Å². The summed E-state index contributed by atoms with van der Waals surface area (Å²) >= 11 is 0. The molecule has 0 fully saturated rings. The van der Waals surface area contributed by atoms with Crippen LogP contribution in [-0.4, -0.2) is 0 Å². The van der Waals surface area contributed by atoms with Gasteiger partial charge in [-0.15, -0.1) is 0 Å². The fourth-order valence-electron chi connectivity index (χ4n) is 1.33. The van der Waals surface area contributed by atoms with Crippen LogP contribution < -0.4 is 0 Å². The first kappa shape index (κ1) is 7.82. The van der Waals surface area contributed by atoms with Crippen molar-refractivity contribution in [1.29, 1.82) is 0 Å². The zero-order chi connectivity index (χ0) is 9.26. The molecular formula is C12H6F. The summed E-state index contributed by atoms with van der Waals surface area (Å²) in [6.45, 7) is 0. The summed E-state index contributed by atoms with van der Waals surface area (Å²) in [5.74, 6) is 1.69. The number of benzene rings is 2. The number of hydrogen-bond acceptors (Lipinski definition) is 0. The molecule has 2 rings (SSSR count). The van der Waals surface area contributed by atoms with E-state index < -0.39 is 0 Å². The average molecular weight is 169 g/mol. The van der Waals surface area contributed by atoms with Crippen LogP contribution in [0.3, 0.4) is 0 Å². The minimum absolute atomic E-state index is 0.207. The lowest BCUT2D eigenvalue weighted by atomic mass is 10.1. The molecule has 0 N–H and O–H groups in total. The molecule has 0 atom stereocenters. The van der Waals surface area contributed by atoms with Crippen molar-refractivity contribution in [3.63, 3.8) is 0 Å². The van der Waals surface area contributed by atoms with Crippen LogP contribution in [0.15, 0.2) is 36.4 Å². The third-order valence-electron chi connectivity index (χ3n) is 2.00. The molecule has 0 saturated carbocycles. The van der Waals surface area contributed by atoms with Gasteiger partial charge in [0.25, 0.3) is 0 Å². The number of rotatable bonds is 0. The zero-order valence-electron chi connectivity index (χ0n) is 6.84. The van der Waals surface area contributed by atoms with E-state index in [-0.39, 0.29) is 11.4 Å². The molecule has 0 aromatic heterocycles. The lowest BCUT2D eigenvalue weighted by Crippen LogP contribution is -1.84. The van der Waals surface area contributed by atoms with Gasteiger partial charge in [-0.05, 0) is 23.8 Å². The van der Waals surface area contributed by atoms with E-state index in [0.29, 0.717) is 5.39 Å². The van der Waals surface area contributed by atoms with Crippen LogP contribution in [0.2, 0.25) is 0 Å². The predicted octanol–water partition coefficient (Wildman–Crippen LogP) is 2.92. The molecule has 2 aromatic rings. The van der Waals surface area contributed by atoms with Crippen LogP contribution in [0.25, 0.3) is 10.8 Å². The van der Waals surface area contributed by atoms with Gasteiger partial charge < -0.3 is 0 Å². The zero-order valence-corrected chi connectivity index (χ0v) is 6.84. The number of fused-ring (bicyclic) bond motifs is 1. The molecule has 0 amide bonds. The maximum atomic E-state index is 13.5. The van der Waals surface area contributed by atoms with Gasteiger partial charge in [-0.3, -0.25) is 0 Å². The SMILES string of the molecule is [C]#Cc1ccc2ccccc2c1F. The summed E-state index contributed by atoms with van der Waals surface area (Å²) < 4.78 is 13.5. The number of halogens is 1. The van der Waals surface area contributed by atoms with Gasteiger partial charge in [0, 0.05) is 5.39 Å². The fraction of sp³-hybridized carbons (Fsp3) is 0. The second kappa shape index (κ2) is 2.91. The van der Waals surface area contributed by atoms with Gasteiger partial charge in [-0.2, -0.15) is 0 Å². The Morgan fingerprint density at radius 3 is 2.62 bits per heavy atom. The lowest BCUT2D eigenvalue weighted by Gasteiger charge is -2.00. The molecule has 0 aliphatic heterocycles. The molecule has 61 valence electrons. The van der Waals surface area contributed by atoms with E-state index in [1.54, 1.807) is 24.3 Å². The van der Waals surface area contributed by atoms with Crippen molar-refractivity contribution in [3.8, 4) is 5.92 Å². The molecule has 0 spiro atoms. The van der Waals surface area contributed by atoms with Gasteiger partial charge in [0.1, 0.15) is 5.82 Å². The third-order valence-corrected chi connectivity index (χ3v) is 2.00. The summed E-state index contributed by atoms with van der Waals surface area (Å²) in [4.78, 5) is 0. The summed E-state index contributed by atoms with van der Waals surface area (Å²) in [5.41, 5.74) is 0.207. The third kappa shape index (κ3) is 1.17. The van der Waals surface area contributed by atoms with Crippen molar-refractivity contribution in [2.75, 3.05) is 0 Å². The van der Waals surface area contributed by atoms with Crippen molar-refractivity contribution in [3.05, 3.63) is 54.2 Å². The molecule has 0 heterocycles. The Kier molecular flexibility index (Phi) is 1.75. The van der Waals surface area contributed by atoms with Crippen LogP contribution in [-0.2, 0) is 0 Å². The molecule has 1 radical (unpaired) electrons. The van der Waals surface area contributed by atoms with E-state index in [9.17, 15) is 4.39 Å². The highest BCUT2D eigenvalue weighted by atomic mass is 19.1. The molecule has 0 aliphatic rings. The van der Waals surface area contributed by atoms with Gasteiger partial charge in [-0.1, -0.05) is 30.3 Å². The maximum absolute atomic E-state index is 13.5. The molecule has 2 aromatic carbocycles. The van der Waals surface area contributed by atoms with Crippen molar-refractivity contribution in [2.24, 2.45) is 0 Å². The Morgan fingerprint density at radius 2 is 1.85 bits per heavy atom. The highest BCUT2D eigenvalue weighted by Gasteiger charge is 2.03. The second-order valence-corrected chi connectivity index (χ2v) is 2.77. The summed E-state index contributed by atoms with van der Waals surface area (Å²) in [6, 6.07) is 10.5. The molecule has 0 aliphatic carbocycles. The fourth-order valence-corrected chi connectivity index (χ4v) is 1.33. The highest BCUT2D eigenvalue weighted by Crippen LogP contribution is 2.19. The van der Waals surface area contributed by atoms with E-state index in [0.717, 1.165) is 5.39 Å². The van der Waals surface area contributed by atoms with Crippen molar-refractivity contribution in [1.82, 2.24) is 0 Å². The molecule has 0 saturated heterocycles. The van der Waals surface area contributed by atoms with Gasteiger partial charge >= 0.3 is 0 Å². The summed E-state index contributed by atoms with van der Waals surface area (Å²) in [5, 5.41) is 1.39. The van der Waals surface area contributed by atoms with E-state index in [4.69, 9.17) is 6.42 Å². The molecular weight excluding hydrogens is 163 g/mol. The van der Waals surface area contributed by atoms with Gasteiger partial charge in [0.05, 0.1) is 5.56 Å². The maximum Gasteiger partial charge on any atom is 0.146 e. The molecule has 13 heavy (non-hydrogen) atoms. The molecule has 0 unspecified atom stereocenters. The van der Waals surface area contributed by atoms with Gasteiger partial charge in [0.2, 0.25) is 0 Å². The predicted molar refractivity (Wildman–Crippen MR) is 50.1 cm³/mol. The van der Waals surface area contributed by atoms with Crippen LogP contribution in [0, 0.1) is 18.2 Å².